The van der Waals surface area contributed by atoms with Crippen LogP contribution in [0.2, 0.25) is 0 Å². The molecule has 0 atom stereocenters. The van der Waals surface area contributed by atoms with Gasteiger partial charge in [-0.3, -0.25) is 0 Å². The quantitative estimate of drug-likeness (QED) is 0.680. The summed E-state index contributed by atoms with van der Waals surface area (Å²) in [6.45, 7) is 13.1. The molecule has 0 aromatic heterocycles. The monoisotopic (exact) mass is 212 g/mol. The van der Waals surface area contributed by atoms with Gasteiger partial charge in [0.2, 0.25) is 0 Å². The highest BCUT2D eigenvalue weighted by atomic mass is 15.1. The molecule has 1 N–H and O–H groups in total. The molecule has 2 nitrogen and oxygen atoms in total. The van der Waals surface area contributed by atoms with Crippen molar-refractivity contribution in [2.45, 2.75) is 40.0 Å². The van der Waals surface area contributed by atoms with Gasteiger partial charge in [-0.2, -0.15) is 0 Å². The molecule has 0 saturated carbocycles. The van der Waals surface area contributed by atoms with E-state index in [1.165, 1.54) is 38.9 Å². The van der Waals surface area contributed by atoms with Crippen LogP contribution in [-0.2, 0) is 0 Å². The number of hydrogen-bond donors (Lipinski definition) is 1. The molecule has 0 aliphatic carbocycles. The van der Waals surface area contributed by atoms with Crippen LogP contribution in [0, 0.1) is 11.8 Å². The van der Waals surface area contributed by atoms with Crippen molar-refractivity contribution in [2.24, 2.45) is 11.8 Å². The van der Waals surface area contributed by atoms with Gasteiger partial charge in [-0.15, -0.1) is 0 Å². The Morgan fingerprint density at radius 1 is 1.27 bits per heavy atom. The minimum Gasteiger partial charge on any atom is -0.315 e. The van der Waals surface area contributed by atoms with E-state index in [0.717, 1.165) is 24.9 Å². The largest absolute Gasteiger partial charge is 0.315 e. The molecule has 1 saturated heterocycles. The molecule has 15 heavy (non-hydrogen) atoms. The molecule has 1 aliphatic rings. The Balaban J connectivity index is 1.99. The molecule has 0 unspecified atom stereocenters. The summed E-state index contributed by atoms with van der Waals surface area (Å²) in [6, 6.07) is 0. The predicted octanol–water partition coefficient (Wildman–Crippen LogP) is 2.35. The van der Waals surface area contributed by atoms with Crippen molar-refractivity contribution in [1.82, 2.24) is 10.2 Å². The zero-order valence-corrected chi connectivity index (χ0v) is 10.8. The number of piperidine rings is 1. The van der Waals surface area contributed by atoms with Crippen molar-refractivity contribution in [3.63, 3.8) is 0 Å². The second-order valence-electron chi connectivity index (χ2n) is 5.29. The maximum Gasteiger partial charge on any atom is 0.0107 e. The molecule has 1 fully saturated rings. The summed E-state index contributed by atoms with van der Waals surface area (Å²) in [5.41, 5.74) is 0. The zero-order valence-electron chi connectivity index (χ0n) is 10.8. The first-order valence-corrected chi connectivity index (χ1v) is 6.65. The summed E-state index contributed by atoms with van der Waals surface area (Å²) in [6.07, 6.45) is 4.21. The van der Waals surface area contributed by atoms with Gasteiger partial charge in [0.1, 0.15) is 0 Å². The van der Waals surface area contributed by atoms with Gasteiger partial charge in [0.05, 0.1) is 0 Å². The lowest BCUT2D eigenvalue weighted by molar-refractivity contribution is 0.182. The summed E-state index contributed by atoms with van der Waals surface area (Å²) >= 11 is 0. The highest BCUT2D eigenvalue weighted by molar-refractivity contribution is 4.71. The first-order valence-electron chi connectivity index (χ1n) is 6.65. The number of nitrogens with zero attached hydrogens (tertiary/aromatic N) is 1. The van der Waals surface area contributed by atoms with Gasteiger partial charge in [-0.25, -0.2) is 0 Å². The minimum absolute atomic E-state index is 0.774. The lowest BCUT2D eigenvalue weighted by Crippen LogP contribution is -2.38. The van der Waals surface area contributed by atoms with Crippen LogP contribution >= 0.6 is 0 Å². The second kappa shape index (κ2) is 7.24. The van der Waals surface area contributed by atoms with E-state index < -0.39 is 0 Å². The fraction of sp³-hybridized carbons (Fsp3) is 1.00. The molecule has 2 heteroatoms. The van der Waals surface area contributed by atoms with E-state index in [0.29, 0.717) is 0 Å². The number of likely N-dealkylation sites (tertiary alicyclic amines) is 1. The van der Waals surface area contributed by atoms with Crippen molar-refractivity contribution in [3.05, 3.63) is 0 Å². The SMILES string of the molecule is CCC1CCN(CCNCC(C)C)CC1. The van der Waals surface area contributed by atoms with Crippen molar-refractivity contribution in [2.75, 3.05) is 32.7 Å². The molecule has 1 rings (SSSR count). The van der Waals surface area contributed by atoms with Crippen LogP contribution in [-0.4, -0.2) is 37.6 Å². The van der Waals surface area contributed by atoms with Crippen LogP contribution < -0.4 is 5.32 Å². The Labute approximate surface area is 95.4 Å². The Kier molecular flexibility index (Phi) is 6.26. The van der Waals surface area contributed by atoms with Crippen LogP contribution in [0.25, 0.3) is 0 Å². The maximum atomic E-state index is 3.52. The van der Waals surface area contributed by atoms with Crippen molar-refractivity contribution < 1.29 is 0 Å². The van der Waals surface area contributed by atoms with Gasteiger partial charge in [0.25, 0.3) is 0 Å². The Morgan fingerprint density at radius 3 is 2.47 bits per heavy atom. The fourth-order valence-corrected chi connectivity index (χ4v) is 2.25. The van der Waals surface area contributed by atoms with Gasteiger partial charge >= 0.3 is 0 Å². The summed E-state index contributed by atoms with van der Waals surface area (Å²) in [7, 11) is 0. The first-order chi connectivity index (χ1) is 7.22. The van der Waals surface area contributed by atoms with E-state index in [1.54, 1.807) is 0 Å². The van der Waals surface area contributed by atoms with E-state index >= 15 is 0 Å². The van der Waals surface area contributed by atoms with Crippen LogP contribution in [0.5, 0.6) is 0 Å². The molecule has 0 aromatic rings. The van der Waals surface area contributed by atoms with Gasteiger partial charge in [-0.05, 0) is 44.3 Å². The Morgan fingerprint density at radius 2 is 1.93 bits per heavy atom. The van der Waals surface area contributed by atoms with Crippen LogP contribution in [0.15, 0.2) is 0 Å². The summed E-state index contributed by atoms with van der Waals surface area (Å²) < 4.78 is 0. The second-order valence-corrected chi connectivity index (χ2v) is 5.29. The topological polar surface area (TPSA) is 15.3 Å². The molecular weight excluding hydrogens is 184 g/mol. The third kappa shape index (κ3) is 5.53. The Hall–Kier alpha value is -0.0800. The number of rotatable bonds is 6. The van der Waals surface area contributed by atoms with Crippen molar-refractivity contribution in [1.29, 1.82) is 0 Å². The molecule has 0 amide bonds. The predicted molar refractivity (Wildman–Crippen MR) is 67.2 cm³/mol. The fourth-order valence-electron chi connectivity index (χ4n) is 2.25. The van der Waals surface area contributed by atoms with Crippen molar-refractivity contribution >= 4 is 0 Å². The van der Waals surface area contributed by atoms with Gasteiger partial charge < -0.3 is 10.2 Å². The summed E-state index contributed by atoms with van der Waals surface area (Å²) in [5.74, 6) is 1.78. The highest BCUT2D eigenvalue weighted by Gasteiger charge is 2.16. The average Bonchev–Trinajstić information content (AvgIpc) is 2.25. The zero-order chi connectivity index (χ0) is 11.1. The molecule has 0 aromatic carbocycles. The summed E-state index contributed by atoms with van der Waals surface area (Å²) in [5, 5.41) is 3.52. The minimum atomic E-state index is 0.774. The summed E-state index contributed by atoms with van der Waals surface area (Å²) in [4.78, 5) is 2.61. The van der Waals surface area contributed by atoms with Crippen LogP contribution in [0.1, 0.15) is 40.0 Å². The van der Waals surface area contributed by atoms with Gasteiger partial charge in [0, 0.05) is 13.1 Å². The third-order valence-corrected chi connectivity index (χ3v) is 3.44. The Bertz CT molecular complexity index is 149. The molecule has 0 radical (unpaired) electrons. The van der Waals surface area contributed by atoms with E-state index in [9.17, 15) is 0 Å². The van der Waals surface area contributed by atoms with Gasteiger partial charge in [-0.1, -0.05) is 27.2 Å². The molecule has 0 bridgehead atoms. The van der Waals surface area contributed by atoms with Crippen molar-refractivity contribution in [3.8, 4) is 0 Å². The van der Waals surface area contributed by atoms with E-state index in [-0.39, 0.29) is 0 Å². The molecule has 90 valence electrons. The third-order valence-electron chi connectivity index (χ3n) is 3.44. The lowest BCUT2D eigenvalue weighted by atomic mass is 9.94. The number of nitrogens with one attached hydrogen (secondary N) is 1. The maximum absolute atomic E-state index is 3.52. The smallest absolute Gasteiger partial charge is 0.0107 e. The molecular formula is C13H28N2. The van der Waals surface area contributed by atoms with E-state index in [2.05, 4.69) is 31.0 Å². The van der Waals surface area contributed by atoms with E-state index in [1.807, 2.05) is 0 Å². The molecule has 1 aliphatic heterocycles. The molecule has 0 spiro atoms. The standard InChI is InChI=1S/C13H28N2/c1-4-13-5-8-15(9-6-13)10-7-14-11-12(2)3/h12-14H,4-11H2,1-3H3. The average molecular weight is 212 g/mol. The highest BCUT2D eigenvalue weighted by Crippen LogP contribution is 2.19. The normalized spacial score (nSPS) is 20.0. The number of hydrogen-bond acceptors (Lipinski definition) is 2. The van der Waals surface area contributed by atoms with Crippen LogP contribution in [0.4, 0.5) is 0 Å². The first kappa shape index (κ1) is 13.0. The molecule has 1 heterocycles. The van der Waals surface area contributed by atoms with E-state index in [4.69, 9.17) is 0 Å². The van der Waals surface area contributed by atoms with Crippen LogP contribution in [0.3, 0.4) is 0 Å². The van der Waals surface area contributed by atoms with Gasteiger partial charge in [0.15, 0.2) is 0 Å². The lowest BCUT2D eigenvalue weighted by Gasteiger charge is -2.31.